The summed E-state index contributed by atoms with van der Waals surface area (Å²) in [6.45, 7) is 2.40. The first-order chi connectivity index (χ1) is 12.6. The highest BCUT2D eigenvalue weighted by Gasteiger charge is 2.16. The fraction of sp³-hybridized carbons (Fsp3) is 0.158. The summed E-state index contributed by atoms with van der Waals surface area (Å²) < 4.78 is 2.27. The van der Waals surface area contributed by atoms with E-state index in [1.165, 1.54) is 11.3 Å². The van der Waals surface area contributed by atoms with Gasteiger partial charge in [0, 0.05) is 17.4 Å². The second-order valence-electron chi connectivity index (χ2n) is 5.97. The Morgan fingerprint density at radius 3 is 2.88 bits per heavy atom. The van der Waals surface area contributed by atoms with E-state index >= 15 is 0 Å². The first-order valence-corrected chi connectivity index (χ1v) is 8.96. The van der Waals surface area contributed by atoms with Crippen LogP contribution in [0, 0.1) is 0 Å². The number of hydrogen-bond donors (Lipinski definition) is 0. The van der Waals surface area contributed by atoms with Crippen LogP contribution in [0.4, 0.5) is 5.69 Å². The second kappa shape index (κ2) is 6.68. The van der Waals surface area contributed by atoms with Crippen LogP contribution in [0.15, 0.2) is 58.4 Å². The van der Waals surface area contributed by atoms with Crippen LogP contribution in [0.5, 0.6) is 0 Å². The van der Waals surface area contributed by atoms with Gasteiger partial charge in [-0.25, -0.2) is 4.99 Å². The topological polar surface area (TPSA) is 67.6 Å². The molecular weight excluding hydrogens is 348 g/mol. The molecule has 0 saturated carbocycles. The van der Waals surface area contributed by atoms with E-state index in [2.05, 4.69) is 9.98 Å². The molecule has 0 atom stereocenters. The lowest BCUT2D eigenvalue weighted by atomic mass is 10.1. The van der Waals surface area contributed by atoms with Crippen LogP contribution in [0.3, 0.4) is 0 Å². The van der Waals surface area contributed by atoms with Crippen molar-refractivity contribution in [3.63, 3.8) is 0 Å². The number of benzene rings is 1. The van der Waals surface area contributed by atoms with Crippen molar-refractivity contribution in [1.82, 2.24) is 9.55 Å². The quantitative estimate of drug-likeness (QED) is 0.659. The molecule has 0 saturated heterocycles. The molecule has 0 N–H and O–H groups in total. The summed E-state index contributed by atoms with van der Waals surface area (Å²) >= 11 is 1.37. The standard InChI is InChI=1S/C19H16N4O2S/c1-13(24)14-5-4-7-16(9-14)22-11-21-19-23(12-22)18(25)17(26-19)10-15-6-2-3-8-20-15/h2-10H,11-12H2,1H3/b17-10-. The molecule has 0 bridgehead atoms. The lowest BCUT2D eigenvalue weighted by Gasteiger charge is -2.25. The molecule has 3 heterocycles. The number of ketones is 1. The van der Waals surface area contributed by atoms with Crippen molar-refractivity contribution in [2.45, 2.75) is 13.6 Å². The average Bonchev–Trinajstić information content (AvgIpc) is 2.98. The third kappa shape index (κ3) is 3.09. The normalized spacial score (nSPS) is 14.0. The van der Waals surface area contributed by atoms with E-state index in [0.717, 1.165) is 11.4 Å². The van der Waals surface area contributed by atoms with Gasteiger partial charge in [0.1, 0.15) is 13.3 Å². The van der Waals surface area contributed by atoms with Crippen LogP contribution < -0.4 is 19.8 Å². The minimum atomic E-state index is -0.0770. The largest absolute Gasteiger partial charge is 0.334 e. The summed E-state index contributed by atoms with van der Waals surface area (Å²) in [7, 11) is 0. The Kier molecular flexibility index (Phi) is 4.22. The number of nitrogens with zero attached hydrogens (tertiary/aromatic N) is 4. The van der Waals surface area contributed by atoms with Gasteiger partial charge in [-0.3, -0.25) is 19.1 Å². The van der Waals surface area contributed by atoms with Crippen LogP contribution in [0.25, 0.3) is 6.08 Å². The molecule has 1 aromatic carbocycles. The van der Waals surface area contributed by atoms with Crippen LogP contribution in [-0.4, -0.2) is 22.0 Å². The van der Waals surface area contributed by atoms with Gasteiger partial charge in [-0.05, 0) is 37.3 Å². The zero-order valence-electron chi connectivity index (χ0n) is 14.1. The maximum atomic E-state index is 12.7. The van der Waals surface area contributed by atoms with Gasteiger partial charge in [0.2, 0.25) is 0 Å². The minimum absolute atomic E-state index is 0.0152. The molecular formula is C19H16N4O2S. The molecule has 0 fully saturated rings. The fourth-order valence-electron chi connectivity index (χ4n) is 2.79. The molecule has 4 rings (SSSR count). The third-order valence-corrected chi connectivity index (χ3v) is 5.21. The number of aromatic nitrogens is 2. The van der Waals surface area contributed by atoms with Gasteiger partial charge in [-0.2, -0.15) is 0 Å². The zero-order valence-corrected chi connectivity index (χ0v) is 14.9. The Labute approximate surface area is 153 Å². The molecule has 0 spiro atoms. The number of carbonyl (C=O) groups excluding carboxylic acids is 1. The first kappa shape index (κ1) is 16.4. The van der Waals surface area contributed by atoms with Gasteiger partial charge in [0.25, 0.3) is 5.56 Å². The Balaban J connectivity index is 1.70. The maximum Gasteiger partial charge on any atom is 0.271 e. The number of fused-ring (bicyclic) bond motifs is 1. The van der Waals surface area contributed by atoms with Gasteiger partial charge in [-0.1, -0.05) is 29.5 Å². The van der Waals surface area contributed by atoms with Crippen molar-refractivity contribution in [3.8, 4) is 0 Å². The van der Waals surface area contributed by atoms with Crippen LogP contribution in [-0.2, 0) is 6.67 Å². The summed E-state index contributed by atoms with van der Waals surface area (Å²) in [6.07, 6.45) is 3.49. The molecule has 1 aliphatic heterocycles. The van der Waals surface area contributed by atoms with E-state index in [4.69, 9.17) is 0 Å². The molecule has 0 amide bonds. The molecule has 0 unspecified atom stereocenters. The maximum absolute atomic E-state index is 12.7. The van der Waals surface area contributed by atoms with Crippen molar-refractivity contribution < 1.29 is 4.79 Å². The molecule has 1 aliphatic rings. The zero-order chi connectivity index (χ0) is 18.1. The number of pyridine rings is 1. The highest BCUT2D eigenvalue weighted by atomic mass is 32.1. The Bertz CT molecular complexity index is 1150. The Morgan fingerprint density at radius 2 is 2.12 bits per heavy atom. The highest BCUT2D eigenvalue weighted by Crippen LogP contribution is 2.18. The number of rotatable bonds is 3. The summed E-state index contributed by atoms with van der Waals surface area (Å²) in [4.78, 5) is 35.8. The van der Waals surface area contributed by atoms with E-state index < -0.39 is 0 Å². The number of thiazole rings is 1. The van der Waals surface area contributed by atoms with Crippen LogP contribution >= 0.6 is 11.3 Å². The van der Waals surface area contributed by atoms with Gasteiger partial charge >= 0.3 is 0 Å². The number of hydrogen-bond acceptors (Lipinski definition) is 6. The SMILES string of the molecule is CC(=O)c1cccc(N2CN=c3s/c(=C\c4ccccn4)c(=O)n3C2)c1. The van der Waals surface area contributed by atoms with E-state index in [9.17, 15) is 9.59 Å². The van der Waals surface area contributed by atoms with Gasteiger partial charge in [-0.15, -0.1) is 0 Å². The van der Waals surface area contributed by atoms with E-state index in [0.29, 0.717) is 28.2 Å². The van der Waals surface area contributed by atoms with Crippen LogP contribution in [0.1, 0.15) is 23.0 Å². The van der Waals surface area contributed by atoms with Gasteiger partial charge < -0.3 is 4.90 Å². The molecule has 6 nitrogen and oxygen atoms in total. The third-order valence-electron chi connectivity index (χ3n) is 4.16. The van der Waals surface area contributed by atoms with Gasteiger partial charge in [0.05, 0.1) is 10.2 Å². The lowest BCUT2D eigenvalue weighted by Crippen LogP contribution is -2.42. The molecule has 3 aromatic rings. The van der Waals surface area contributed by atoms with Crippen molar-refractivity contribution >= 4 is 28.9 Å². The summed E-state index contributed by atoms with van der Waals surface area (Å²) in [6, 6.07) is 13.0. The van der Waals surface area contributed by atoms with Crippen molar-refractivity contribution in [1.29, 1.82) is 0 Å². The summed E-state index contributed by atoms with van der Waals surface area (Å²) in [5.41, 5.74) is 2.19. The van der Waals surface area contributed by atoms with E-state index in [-0.39, 0.29) is 11.3 Å². The molecule has 26 heavy (non-hydrogen) atoms. The Hall–Kier alpha value is -3.06. The van der Waals surface area contributed by atoms with E-state index in [1.807, 2.05) is 41.3 Å². The molecule has 130 valence electrons. The number of anilines is 1. The predicted octanol–water partition coefficient (Wildman–Crippen LogP) is 1.39. The second-order valence-corrected chi connectivity index (χ2v) is 6.98. The van der Waals surface area contributed by atoms with Gasteiger partial charge in [0.15, 0.2) is 10.6 Å². The lowest BCUT2D eigenvalue weighted by molar-refractivity contribution is 0.101. The van der Waals surface area contributed by atoms with Crippen molar-refractivity contribution in [2.75, 3.05) is 11.6 Å². The minimum Gasteiger partial charge on any atom is -0.334 e. The van der Waals surface area contributed by atoms with Crippen molar-refractivity contribution in [2.24, 2.45) is 4.99 Å². The Morgan fingerprint density at radius 1 is 1.23 bits per heavy atom. The average molecular weight is 364 g/mol. The number of Topliss-reactive ketones (excluding diaryl/α,β-unsaturated/α-hetero) is 1. The first-order valence-electron chi connectivity index (χ1n) is 8.15. The van der Waals surface area contributed by atoms with E-state index in [1.54, 1.807) is 29.8 Å². The predicted molar refractivity (Wildman–Crippen MR) is 101 cm³/mol. The van der Waals surface area contributed by atoms with Crippen molar-refractivity contribution in [3.05, 3.63) is 79.6 Å². The summed E-state index contributed by atoms with van der Waals surface area (Å²) in [5, 5.41) is 0. The number of carbonyl (C=O) groups is 1. The molecule has 0 aliphatic carbocycles. The molecule has 0 radical (unpaired) electrons. The summed E-state index contributed by atoms with van der Waals surface area (Å²) in [5.74, 6) is 0.0152. The molecule has 2 aromatic heterocycles. The highest BCUT2D eigenvalue weighted by molar-refractivity contribution is 7.07. The monoisotopic (exact) mass is 364 g/mol. The fourth-order valence-corrected chi connectivity index (χ4v) is 3.74. The van der Waals surface area contributed by atoms with Crippen LogP contribution in [0.2, 0.25) is 0 Å². The smallest absolute Gasteiger partial charge is 0.271 e. The molecule has 7 heteroatoms.